The first-order valence-electron chi connectivity index (χ1n) is 11.8. The number of imidazole rings is 1. The molecule has 2 heterocycles. The highest BCUT2D eigenvalue weighted by atomic mass is 79.9. The molecule has 1 unspecified atom stereocenters. The Morgan fingerprint density at radius 1 is 1.05 bits per heavy atom. The number of halogens is 2. The Kier molecular flexibility index (Phi) is 6.02. The van der Waals surface area contributed by atoms with Gasteiger partial charge in [0.25, 0.3) is 5.78 Å². The van der Waals surface area contributed by atoms with Crippen LogP contribution in [0.3, 0.4) is 0 Å². The molecule has 0 radical (unpaired) electrons. The van der Waals surface area contributed by atoms with E-state index in [2.05, 4.69) is 46.7 Å². The third-order valence-electron chi connectivity index (χ3n) is 6.63. The van der Waals surface area contributed by atoms with Crippen molar-refractivity contribution < 1.29 is 19.1 Å². The highest BCUT2D eigenvalue weighted by molar-refractivity contribution is 9.10. The van der Waals surface area contributed by atoms with Gasteiger partial charge in [-0.3, -0.25) is 14.5 Å². The summed E-state index contributed by atoms with van der Waals surface area (Å²) in [6.45, 7) is 8.15. The van der Waals surface area contributed by atoms with Crippen molar-refractivity contribution in [1.82, 2.24) is 9.97 Å². The van der Waals surface area contributed by atoms with Crippen LogP contribution in [0, 0.1) is 12.7 Å². The monoisotopic (exact) mass is 561 g/mol. The van der Waals surface area contributed by atoms with Gasteiger partial charge >= 0.3 is 5.91 Å². The Morgan fingerprint density at radius 3 is 2.41 bits per heavy atom. The van der Waals surface area contributed by atoms with E-state index >= 15 is 0 Å². The van der Waals surface area contributed by atoms with E-state index in [1.54, 1.807) is 18.2 Å². The van der Waals surface area contributed by atoms with Crippen molar-refractivity contribution in [2.24, 2.45) is 0 Å². The minimum atomic E-state index is -0.941. The molecule has 2 N–H and O–H groups in total. The number of aliphatic hydroxyl groups excluding tert-OH is 1. The zero-order valence-corrected chi connectivity index (χ0v) is 22.4. The number of benzene rings is 3. The van der Waals surface area contributed by atoms with Crippen molar-refractivity contribution in [3.63, 3.8) is 0 Å². The van der Waals surface area contributed by atoms with Crippen molar-refractivity contribution in [2.45, 2.75) is 39.2 Å². The Labute approximate surface area is 222 Å². The third kappa shape index (κ3) is 4.35. The Bertz CT molecular complexity index is 1600. The number of carbonyl (C=O) groups excluding carboxylic acids is 2. The van der Waals surface area contributed by atoms with Gasteiger partial charge in [0.2, 0.25) is 5.95 Å². The molecule has 1 saturated heterocycles. The molecule has 1 amide bonds. The number of aliphatic hydroxyl groups is 1. The second-order valence-corrected chi connectivity index (χ2v) is 11.1. The molecule has 0 aliphatic carbocycles. The number of fused-ring (bicyclic) bond motifs is 1. The molecule has 0 spiro atoms. The lowest BCUT2D eigenvalue weighted by molar-refractivity contribution is -0.132. The van der Waals surface area contributed by atoms with Crippen LogP contribution in [0.2, 0.25) is 0 Å². The first-order chi connectivity index (χ1) is 17.5. The Morgan fingerprint density at radius 2 is 1.76 bits per heavy atom. The fourth-order valence-electron chi connectivity index (χ4n) is 4.56. The first kappa shape index (κ1) is 24.9. The highest BCUT2D eigenvalue weighted by Crippen LogP contribution is 2.42. The highest BCUT2D eigenvalue weighted by Gasteiger charge is 2.48. The SMILES string of the molecule is Cc1cc(/C(O)=C2\C(=O)C(=O)N(c3nc4ccc(F)cc4[nH]3)C2c2ccc(C(C)(C)C)cc2)ccc1Br. The molecule has 4 aromatic rings. The lowest BCUT2D eigenvalue weighted by atomic mass is 9.85. The molecule has 1 aliphatic heterocycles. The Hall–Kier alpha value is -3.78. The molecule has 1 fully saturated rings. The van der Waals surface area contributed by atoms with Gasteiger partial charge in [0.1, 0.15) is 11.6 Å². The number of hydrogen-bond acceptors (Lipinski definition) is 4. The number of ketones is 1. The number of rotatable bonds is 3. The van der Waals surface area contributed by atoms with Gasteiger partial charge < -0.3 is 10.1 Å². The average Bonchev–Trinajstić information content (AvgIpc) is 3.37. The number of hydrogen-bond donors (Lipinski definition) is 2. The van der Waals surface area contributed by atoms with Gasteiger partial charge in [-0.25, -0.2) is 9.37 Å². The minimum absolute atomic E-state index is 0.0399. The molecule has 188 valence electrons. The number of aromatic amines is 1. The lowest BCUT2D eigenvalue weighted by Gasteiger charge is -2.25. The summed E-state index contributed by atoms with van der Waals surface area (Å²) in [5, 5.41) is 11.4. The van der Waals surface area contributed by atoms with E-state index in [4.69, 9.17) is 0 Å². The summed E-state index contributed by atoms with van der Waals surface area (Å²) >= 11 is 3.45. The van der Waals surface area contributed by atoms with Crippen LogP contribution in [0.1, 0.15) is 49.1 Å². The molecular formula is C29H25BrFN3O3. The van der Waals surface area contributed by atoms with Crippen LogP contribution in [0.25, 0.3) is 16.8 Å². The molecule has 1 aromatic heterocycles. The van der Waals surface area contributed by atoms with E-state index in [0.29, 0.717) is 22.2 Å². The molecule has 5 rings (SSSR count). The zero-order chi connectivity index (χ0) is 26.6. The van der Waals surface area contributed by atoms with Crippen LogP contribution in [0.15, 0.2) is 70.7 Å². The zero-order valence-electron chi connectivity index (χ0n) is 20.8. The van der Waals surface area contributed by atoms with Crippen LogP contribution in [0.4, 0.5) is 10.3 Å². The fourth-order valence-corrected chi connectivity index (χ4v) is 4.81. The first-order valence-corrected chi connectivity index (χ1v) is 12.6. The number of carbonyl (C=O) groups is 2. The van der Waals surface area contributed by atoms with Crippen LogP contribution < -0.4 is 4.90 Å². The molecule has 37 heavy (non-hydrogen) atoms. The van der Waals surface area contributed by atoms with Gasteiger partial charge in [-0.1, -0.05) is 67.0 Å². The van der Waals surface area contributed by atoms with Gasteiger partial charge in [-0.15, -0.1) is 0 Å². The van der Waals surface area contributed by atoms with Gasteiger partial charge in [0.05, 0.1) is 22.6 Å². The minimum Gasteiger partial charge on any atom is -0.507 e. The molecule has 1 atom stereocenters. The molecule has 0 bridgehead atoms. The van der Waals surface area contributed by atoms with Crippen molar-refractivity contribution in [2.75, 3.05) is 4.90 Å². The molecule has 8 heteroatoms. The molecular weight excluding hydrogens is 537 g/mol. The van der Waals surface area contributed by atoms with Gasteiger partial charge in [0, 0.05) is 10.0 Å². The smallest absolute Gasteiger partial charge is 0.302 e. The Balaban J connectivity index is 1.72. The van der Waals surface area contributed by atoms with Crippen molar-refractivity contribution in [3.8, 4) is 0 Å². The standard InChI is InChI=1S/C29H25BrFN3O3/c1-15-13-17(7-11-20(15)30)25(35)23-24(16-5-8-18(9-6-16)29(2,3)4)34(27(37)26(23)36)28-32-21-12-10-19(31)14-22(21)33-28/h5-14,24,35H,1-4H3,(H,32,33)/b25-23+. The van der Waals surface area contributed by atoms with E-state index in [-0.39, 0.29) is 22.7 Å². The summed E-state index contributed by atoms with van der Waals surface area (Å²) in [4.78, 5) is 35.5. The van der Waals surface area contributed by atoms with E-state index in [1.165, 1.54) is 23.1 Å². The quantitative estimate of drug-likeness (QED) is 0.165. The number of anilines is 1. The van der Waals surface area contributed by atoms with E-state index in [1.807, 2.05) is 31.2 Å². The summed E-state index contributed by atoms with van der Waals surface area (Å²) in [5.74, 6) is -2.29. The van der Waals surface area contributed by atoms with E-state index < -0.39 is 23.5 Å². The second-order valence-electron chi connectivity index (χ2n) is 10.2. The van der Waals surface area contributed by atoms with Crippen LogP contribution in [0.5, 0.6) is 0 Å². The number of Topliss-reactive ketones (excluding diaryl/α,β-unsaturated/α-hetero) is 1. The third-order valence-corrected chi connectivity index (χ3v) is 7.52. The molecule has 0 saturated carbocycles. The molecule has 6 nitrogen and oxygen atoms in total. The summed E-state index contributed by atoms with van der Waals surface area (Å²) in [7, 11) is 0. The van der Waals surface area contributed by atoms with E-state index in [9.17, 15) is 19.1 Å². The summed E-state index contributed by atoms with van der Waals surface area (Å²) in [6.07, 6.45) is 0. The normalized spacial score (nSPS) is 17.7. The number of aromatic nitrogens is 2. The van der Waals surface area contributed by atoms with Gasteiger partial charge in [-0.05, 0) is 59.4 Å². The second kappa shape index (κ2) is 8.95. The van der Waals surface area contributed by atoms with Crippen LogP contribution in [-0.4, -0.2) is 26.8 Å². The maximum Gasteiger partial charge on any atom is 0.302 e. The molecule has 1 aliphatic rings. The van der Waals surface area contributed by atoms with Crippen LogP contribution >= 0.6 is 15.9 Å². The maximum absolute atomic E-state index is 13.8. The largest absolute Gasteiger partial charge is 0.507 e. The summed E-state index contributed by atoms with van der Waals surface area (Å²) in [6, 6.07) is 15.9. The predicted octanol–water partition coefficient (Wildman–Crippen LogP) is 6.70. The summed E-state index contributed by atoms with van der Waals surface area (Å²) < 4.78 is 14.7. The number of H-pyrrole nitrogens is 1. The predicted molar refractivity (Wildman–Crippen MR) is 145 cm³/mol. The number of amides is 1. The number of aryl methyl sites for hydroxylation is 1. The van der Waals surface area contributed by atoms with Crippen molar-refractivity contribution in [3.05, 3.63) is 98.8 Å². The topological polar surface area (TPSA) is 86.3 Å². The molecule has 3 aromatic carbocycles. The van der Waals surface area contributed by atoms with Gasteiger partial charge in [-0.2, -0.15) is 0 Å². The lowest BCUT2D eigenvalue weighted by Crippen LogP contribution is -2.30. The van der Waals surface area contributed by atoms with Crippen LogP contribution in [-0.2, 0) is 15.0 Å². The van der Waals surface area contributed by atoms with Gasteiger partial charge in [0.15, 0.2) is 0 Å². The van der Waals surface area contributed by atoms with Crippen molar-refractivity contribution >= 4 is 50.4 Å². The average molecular weight is 562 g/mol. The number of nitrogens with one attached hydrogen (secondary N) is 1. The van der Waals surface area contributed by atoms with Crippen molar-refractivity contribution in [1.29, 1.82) is 0 Å². The maximum atomic E-state index is 13.8. The number of nitrogens with zero attached hydrogens (tertiary/aromatic N) is 2. The van der Waals surface area contributed by atoms with E-state index in [0.717, 1.165) is 15.6 Å². The summed E-state index contributed by atoms with van der Waals surface area (Å²) in [5.41, 5.74) is 3.70. The fraction of sp³-hybridized carbons (Fsp3) is 0.207.